The second-order valence-corrected chi connectivity index (χ2v) is 7.28. The van der Waals surface area contributed by atoms with Gasteiger partial charge >= 0.3 is 0 Å². The van der Waals surface area contributed by atoms with Gasteiger partial charge in [-0.2, -0.15) is 0 Å². The van der Waals surface area contributed by atoms with E-state index in [0.717, 1.165) is 10.4 Å². The number of amides is 1. The van der Waals surface area contributed by atoms with Crippen LogP contribution in [0.5, 0.6) is 0 Å². The Hall–Kier alpha value is -1.89. The summed E-state index contributed by atoms with van der Waals surface area (Å²) < 4.78 is 1.29. The number of fused-ring (bicyclic) bond motifs is 1. The molecule has 0 atom stereocenters. The standard InChI is InChI=1S/C16H13Cl2N3O2S/c1-8-9(2)24-15-13(8)16(23)21(7-19-15)6-12(22)20-11-5-3-4-10(17)14(11)18/h3-5,7H,6H2,1-2H3,(H,20,22). The molecule has 0 spiro atoms. The van der Waals surface area contributed by atoms with Gasteiger partial charge in [-0.1, -0.05) is 29.3 Å². The highest BCUT2D eigenvalue weighted by Gasteiger charge is 2.14. The van der Waals surface area contributed by atoms with Gasteiger partial charge in [-0.3, -0.25) is 14.2 Å². The lowest BCUT2D eigenvalue weighted by Crippen LogP contribution is -2.28. The number of carbonyl (C=O) groups is 1. The molecule has 0 unspecified atom stereocenters. The van der Waals surface area contributed by atoms with Gasteiger partial charge in [0.05, 0.1) is 27.4 Å². The first-order chi connectivity index (χ1) is 11.4. The van der Waals surface area contributed by atoms with Crippen molar-refractivity contribution in [1.29, 1.82) is 0 Å². The predicted molar refractivity (Wildman–Crippen MR) is 98.4 cm³/mol. The minimum absolute atomic E-state index is 0.154. The van der Waals surface area contributed by atoms with E-state index in [1.165, 1.54) is 22.2 Å². The van der Waals surface area contributed by atoms with Gasteiger partial charge in [0.15, 0.2) is 0 Å². The van der Waals surface area contributed by atoms with Crippen LogP contribution >= 0.6 is 34.5 Å². The third-order valence-corrected chi connectivity index (χ3v) is 5.63. The molecular weight excluding hydrogens is 369 g/mol. The van der Waals surface area contributed by atoms with E-state index in [1.54, 1.807) is 18.2 Å². The number of rotatable bonds is 3. The second-order valence-electron chi connectivity index (χ2n) is 5.29. The molecule has 0 saturated heterocycles. The fourth-order valence-electron chi connectivity index (χ4n) is 2.33. The summed E-state index contributed by atoms with van der Waals surface area (Å²) in [6.45, 7) is 3.67. The number of thiophene rings is 1. The molecule has 1 N–H and O–H groups in total. The third kappa shape index (κ3) is 3.05. The van der Waals surface area contributed by atoms with E-state index < -0.39 is 0 Å². The zero-order valence-electron chi connectivity index (χ0n) is 12.9. The number of carbonyl (C=O) groups excluding carboxylic acids is 1. The van der Waals surface area contributed by atoms with Crippen LogP contribution in [-0.4, -0.2) is 15.5 Å². The van der Waals surface area contributed by atoms with Gasteiger partial charge in [0.25, 0.3) is 5.56 Å². The van der Waals surface area contributed by atoms with Crippen molar-refractivity contribution in [3.8, 4) is 0 Å². The Morgan fingerprint density at radius 3 is 2.83 bits per heavy atom. The van der Waals surface area contributed by atoms with Crippen LogP contribution in [0.2, 0.25) is 10.0 Å². The topological polar surface area (TPSA) is 64.0 Å². The van der Waals surface area contributed by atoms with Gasteiger partial charge in [0.1, 0.15) is 11.4 Å². The smallest absolute Gasteiger partial charge is 0.262 e. The summed E-state index contributed by atoms with van der Waals surface area (Å²) in [6, 6.07) is 4.95. The maximum Gasteiger partial charge on any atom is 0.262 e. The van der Waals surface area contributed by atoms with Crippen LogP contribution in [0.15, 0.2) is 29.3 Å². The Morgan fingerprint density at radius 1 is 1.33 bits per heavy atom. The van der Waals surface area contributed by atoms with Crippen molar-refractivity contribution in [2.24, 2.45) is 0 Å². The molecule has 0 fully saturated rings. The number of halogens is 2. The fraction of sp³-hybridized carbons (Fsp3) is 0.188. The Kier molecular flexibility index (Phi) is 4.62. The molecule has 1 amide bonds. The molecule has 0 radical (unpaired) electrons. The van der Waals surface area contributed by atoms with Crippen LogP contribution in [0, 0.1) is 13.8 Å². The molecule has 1 aromatic carbocycles. The maximum absolute atomic E-state index is 12.6. The normalized spacial score (nSPS) is 11.0. The molecule has 2 heterocycles. The molecule has 5 nitrogen and oxygen atoms in total. The quantitative estimate of drug-likeness (QED) is 0.744. The van der Waals surface area contributed by atoms with E-state index in [-0.39, 0.29) is 23.0 Å². The van der Waals surface area contributed by atoms with Crippen molar-refractivity contribution in [1.82, 2.24) is 9.55 Å². The van der Waals surface area contributed by atoms with Gasteiger partial charge in [-0.25, -0.2) is 4.98 Å². The first-order valence-electron chi connectivity index (χ1n) is 7.07. The number of anilines is 1. The zero-order chi connectivity index (χ0) is 17.4. The van der Waals surface area contributed by atoms with Gasteiger partial charge in [0.2, 0.25) is 5.91 Å². The van der Waals surface area contributed by atoms with Crippen LogP contribution < -0.4 is 10.9 Å². The molecule has 0 bridgehead atoms. The van der Waals surface area contributed by atoms with E-state index in [0.29, 0.717) is 20.9 Å². The Labute approximate surface area is 151 Å². The molecule has 24 heavy (non-hydrogen) atoms. The monoisotopic (exact) mass is 381 g/mol. The fourth-order valence-corrected chi connectivity index (χ4v) is 3.66. The van der Waals surface area contributed by atoms with E-state index in [1.807, 2.05) is 13.8 Å². The Balaban J connectivity index is 1.88. The summed E-state index contributed by atoms with van der Waals surface area (Å²) in [6.07, 6.45) is 1.39. The van der Waals surface area contributed by atoms with E-state index in [9.17, 15) is 9.59 Å². The maximum atomic E-state index is 12.6. The average molecular weight is 382 g/mol. The number of aromatic nitrogens is 2. The summed E-state index contributed by atoms with van der Waals surface area (Å²) in [5, 5.41) is 3.83. The zero-order valence-corrected chi connectivity index (χ0v) is 15.2. The van der Waals surface area contributed by atoms with Crippen molar-refractivity contribution in [3.05, 3.63) is 55.4 Å². The SMILES string of the molecule is Cc1sc2ncn(CC(=O)Nc3cccc(Cl)c3Cl)c(=O)c2c1C. The number of hydrogen-bond donors (Lipinski definition) is 1. The van der Waals surface area contributed by atoms with E-state index >= 15 is 0 Å². The molecule has 2 aromatic heterocycles. The average Bonchev–Trinajstić information content (AvgIpc) is 2.82. The number of hydrogen-bond acceptors (Lipinski definition) is 4. The number of nitrogens with zero attached hydrogens (tertiary/aromatic N) is 2. The molecule has 0 aliphatic rings. The predicted octanol–water partition coefficient (Wildman–Crippen LogP) is 4.02. The lowest BCUT2D eigenvalue weighted by Gasteiger charge is -2.09. The molecule has 3 rings (SSSR count). The minimum Gasteiger partial charge on any atom is -0.323 e. The van der Waals surface area contributed by atoms with Crippen molar-refractivity contribution < 1.29 is 4.79 Å². The highest BCUT2D eigenvalue weighted by Crippen LogP contribution is 2.29. The molecular formula is C16H13Cl2N3O2S. The second kappa shape index (κ2) is 6.55. The van der Waals surface area contributed by atoms with Crippen LogP contribution in [0.25, 0.3) is 10.2 Å². The first-order valence-corrected chi connectivity index (χ1v) is 8.64. The molecule has 0 aliphatic carbocycles. The van der Waals surface area contributed by atoms with E-state index in [4.69, 9.17) is 23.2 Å². The Morgan fingerprint density at radius 2 is 2.08 bits per heavy atom. The summed E-state index contributed by atoms with van der Waals surface area (Å²) in [5.41, 5.74) is 1.08. The van der Waals surface area contributed by atoms with Crippen molar-refractivity contribution >= 4 is 56.3 Å². The number of nitrogens with one attached hydrogen (secondary N) is 1. The highest BCUT2D eigenvalue weighted by atomic mass is 35.5. The molecule has 8 heteroatoms. The molecule has 0 aliphatic heterocycles. The van der Waals surface area contributed by atoms with Crippen LogP contribution in [0.1, 0.15) is 10.4 Å². The molecule has 0 saturated carbocycles. The third-order valence-electron chi connectivity index (χ3n) is 3.70. The number of aryl methyl sites for hydroxylation is 2. The summed E-state index contributed by atoms with van der Waals surface area (Å²) >= 11 is 13.4. The largest absolute Gasteiger partial charge is 0.323 e. The van der Waals surface area contributed by atoms with Crippen LogP contribution in [-0.2, 0) is 11.3 Å². The first kappa shape index (κ1) is 17.0. The lowest BCUT2D eigenvalue weighted by molar-refractivity contribution is -0.116. The van der Waals surface area contributed by atoms with Gasteiger partial charge < -0.3 is 5.32 Å². The van der Waals surface area contributed by atoms with E-state index in [2.05, 4.69) is 10.3 Å². The number of benzene rings is 1. The summed E-state index contributed by atoms with van der Waals surface area (Å²) in [4.78, 5) is 30.8. The Bertz CT molecular complexity index is 1010. The highest BCUT2D eigenvalue weighted by molar-refractivity contribution is 7.18. The summed E-state index contributed by atoms with van der Waals surface area (Å²) in [5.74, 6) is -0.382. The van der Waals surface area contributed by atoms with Gasteiger partial charge in [0, 0.05) is 4.88 Å². The van der Waals surface area contributed by atoms with Gasteiger partial charge in [-0.05, 0) is 31.5 Å². The van der Waals surface area contributed by atoms with Crippen LogP contribution in [0.4, 0.5) is 5.69 Å². The van der Waals surface area contributed by atoms with Crippen molar-refractivity contribution in [2.45, 2.75) is 20.4 Å². The summed E-state index contributed by atoms with van der Waals surface area (Å²) in [7, 11) is 0. The molecule has 124 valence electrons. The minimum atomic E-state index is -0.382. The van der Waals surface area contributed by atoms with Crippen molar-refractivity contribution in [2.75, 3.05) is 5.32 Å². The van der Waals surface area contributed by atoms with Crippen molar-refractivity contribution in [3.63, 3.8) is 0 Å². The van der Waals surface area contributed by atoms with Crippen LogP contribution in [0.3, 0.4) is 0 Å². The van der Waals surface area contributed by atoms with Gasteiger partial charge in [-0.15, -0.1) is 11.3 Å². The lowest BCUT2D eigenvalue weighted by atomic mass is 10.2. The molecule has 3 aromatic rings.